The highest BCUT2D eigenvalue weighted by Gasteiger charge is 2.39. The number of rotatable bonds is 21. The van der Waals surface area contributed by atoms with Crippen LogP contribution in [0.4, 0.5) is 0 Å². The number of carboxylic acids is 3. The maximum Gasteiger partial charge on any atom is 0.475 e. The minimum atomic E-state index is -1.66. The largest absolute Gasteiger partial charge is 0.480 e. The van der Waals surface area contributed by atoms with Gasteiger partial charge in [0.2, 0.25) is 11.8 Å². The van der Waals surface area contributed by atoms with E-state index in [2.05, 4.69) is 5.32 Å². The monoisotopic (exact) mass is 768 g/mol. The lowest BCUT2D eigenvalue weighted by Crippen LogP contribution is -2.53. The van der Waals surface area contributed by atoms with Gasteiger partial charge in [0.1, 0.15) is 17.6 Å². The van der Waals surface area contributed by atoms with Crippen molar-refractivity contribution in [2.45, 2.75) is 84.1 Å². The van der Waals surface area contributed by atoms with Crippen molar-refractivity contribution in [3.63, 3.8) is 0 Å². The Kier molecular flexibility index (Phi) is 20.8. The van der Waals surface area contributed by atoms with Crippen LogP contribution in [0.2, 0.25) is 0 Å². The van der Waals surface area contributed by atoms with E-state index in [1.54, 1.807) is 21.6 Å². The summed E-state index contributed by atoms with van der Waals surface area (Å²) in [5, 5.41) is 50.1. The second-order valence-corrected chi connectivity index (χ2v) is 14.9. The summed E-state index contributed by atoms with van der Waals surface area (Å²) in [5.74, 6) is -5.57. The molecule has 0 spiro atoms. The molecular formula is C35H61BN6O12. The lowest BCUT2D eigenvalue weighted by Gasteiger charge is -2.32. The molecule has 2 amide bonds. The number of ketones is 2. The Morgan fingerprint density at radius 2 is 1.06 bits per heavy atom. The summed E-state index contributed by atoms with van der Waals surface area (Å²) in [6.07, 6.45) is 3.29. The number of Topliss-reactive ketones (excluding diaryl/α,β-unsaturated/α-hetero) is 2. The minimum absolute atomic E-state index is 0.00930. The molecule has 19 heteroatoms. The molecule has 6 N–H and O–H groups in total. The van der Waals surface area contributed by atoms with Crippen LogP contribution in [0.25, 0.3) is 0 Å². The number of hydrogen-bond donors (Lipinski definition) is 6. The van der Waals surface area contributed by atoms with Gasteiger partial charge in [-0.2, -0.15) is 0 Å². The van der Waals surface area contributed by atoms with Gasteiger partial charge in [-0.15, -0.1) is 0 Å². The van der Waals surface area contributed by atoms with Crippen LogP contribution in [0, 0.1) is 11.8 Å². The summed E-state index contributed by atoms with van der Waals surface area (Å²) in [6, 6.07) is -0.892. The summed E-state index contributed by atoms with van der Waals surface area (Å²) < 4.78 is 0. The molecule has 0 aromatic rings. The van der Waals surface area contributed by atoms with Crippen LogP contribution in [0.1, 0.15) is 72.1 Å². The normalized spacial score (nSPS) is 19.7. The van der Waals surface area contributed by atoms with E-state index in [0.29, 0.717) is 64.8 Å². The molecule has 0 aliphatic carbocycles. The predicted octanol–water partition coefficient (Wildman–Crippen LogP) is -1.28. The topological polar surface area (TPSA) is 249 Å². The zero-order valence-corrected chi connectivity index (χ0v) is 32.1. The lowest BCUT2D eigenvalue weighted by molar-refractivity contribution is -0.140. The van der Waals surface area contributed by atoms with E-state index in [1.165, 1.54) is 4.90 Å². The van der Waals surface area contributed by atoms with Crippen molar-refractivity contribution < 1.29 is 58.9 Å². The molecule has 0 saturated carbocycles. The molecular weight excluding hydrogens is 707 g/mol. The van der Waals surface area contributed by atoms with Gasteiger partial charge in [0.25, 0.3) is 0 Å². The molecule has 2 saturated heterocycles. The SMILES string of the molecule is CC(C)[C@H](CC(=O)CCCCCC(=O)CN1CCN(CC(=O)O)CCN(CC(=O)O)CCN(CC(=O)O)CC1)C(=O)N[C@H](C)C(=O)N1CCC[C@H]1B(O)O. The van der Waals surface area contributed by atoms with Crippen LogP contribution in [-0.2, 0) is 33.6 Å². The fourth-order valence-electron chi connectivity index (χ4n) is 6.92. The van der Waals surface area contributed by atoms with Crippen molar-refractivity contribution in [1.29, 1.82) is 0 Å². The second-order valence-electron chi connectivity index (χ2n) is 14.9. The number of nitrogens with one attached hydrogen (secondary N) is 1. The Morgan fingerprint density at radius 1 is 0.630 bits per heavy atom. The van der Waals surface area contributed by atoms with E-state index in [9.17, 15) is 58.9 Å². The summed E-state index contributed by atoms with van der Waals surface area (Å²) in [6.45, 7) is 7.41. The van der Waals surface area contributed by atoms with Crippen molar-refractivity contribution >= 4 is 48.4 Å². The quantitative estimate of drug-likeness (QED) is 0.0588. The zero-order valence-electron chi connectivity index (χ0n) is 32.1. The van der Waals surface area contributed by atoms with Gasteiger partial charge in [-0.3, -0.25) is 53.2 Å². The third-order valence-corrected chi connectivity index (χ3v) is 10.1. The fraction of sp³-hybridized carbons (Fsp3) is 0.800. The summed E-state index contributed by atoms with van der Waals surface area (Å²) >= 11 is 0. The van der Waals surface area contributed by atoms with Crippen molar-refractivity contribution in [2.24, 2.45) is 11.8 Å². The fourth-order valence-corrected chi connectivity index (χ4v) is 6.92. The van der Waals surface area contributed by atoms with E-state index in [-0.39, 0.29) is 89.1 Å². The van der Waals surface area contributed by atoms with Gasteiger partial charge in [0, 0.05) is 84.1 Å². The van der Waals surface area contributed by atoms with Crippen LogP contribution < -0.4 is 5.32 Å². The Hall–Kier alpha value is -3.49. The number of carbonyl (C=O) groups is 7. The molecule has 2 heterocycles. The van der Waals surface area contributed by atoms with Crippen molar-refractivity contribution in [3.8, 4) is 0 Å². The molecule has 54 heavy (non-hydrogen) atoms. The van der Waals surface area contributed by atoms with Crippen LogP contribution >= 0.6 is 0 Å². The molecule has 0 aromatic carbocycles. The number of unbranched alkanes of at least 4 members (excludes halogenated alkanes) is 2. The first-order valence-corrected chi connectivity index (χ1v) is 19.0. The first-order chi connectivity index (χ1) is 25.5. The first-order valence-electron chi connectivity index (χ1n) is 19.0. The molecule has 2 rings (SSSR count). The van der Waals surface area contributed by atoms with E-state index >= 15 is 0 Å². The predicted molar refractivity (Wildman–Crippen MR) is 197 cm³/mol. The summed E-state index contributed by atoms with van der Waals surface area (Å²) in [4.78, 5) is 94.7. The average Bonchev–Trinajstić information content (AvgIpc) is 3.57. The molecule has 18 nitrogen and oxygen atoms in total. The van der Waals surface area contributed by atoms with Crippen LogP contribution in [0.5, 0.6) is 0 Å². The Labute approximate surface area is 317 Å². The summed E-state index contributed by atoms with van der Waals surface area (Å²) in [5.41, 5.74) is 0. The first kappa shape index (κ1) is 46.7. The highest BCUT2D eigenvalue weighted by Crippen LogP contribution is 2.21. The maximum atomic E-state index is 13.1. The van der Waals surface area contributed by atoms with Gasteiger partial charge in [-0.05, 0) is 38.5 Å². The molecule has 0 radical (unpaired) electrons. The third-order valence-electron chi connectivity index (χ3n) is 10.1. The van der Waals surface area contributed by atoms with Crippen LogP contribution in [0.3, 0.4) is 0 Å². The number of hydrogen-bond acceptors (Lipinski definition) is 13. The Bertz CT molecular complexity index is 1240. The van der Waals surface area contributed by atoms with E-state index in [4.69, 9.17) is 0 Å². The smallest absolute Gasteiger partial charge is 0.475 e. The number of aliphatic carboxylic acids is 3. The van der Waals surface area contributed by atoms with Crippen LogP contribution in [0.15, 0.2) is 0 Å². The lowest BCUT2D eigenvalue weighted by atomic mass is 9.78. The number of nitrogens with zero attached hydrogens (tertiary/aromatic N) is 5. The van der Waals surface area contributed by atoms with E-state index in [1.807, 2.05) is 18.7 Å². The standard InChI is InChI=1S/C35H61BN6O12/c1-25(2)29(34(51)37-26(3)35(52)42-11-7-10-30(42)36(53)54)20-27(43)8-5-4-6-9-28(44)21-38-12-14-39(22-31(45)46)16-18-41(24-33(49)50)19-17-40(15-13-38)23-32(47)48/h25-26,29-30,53-54H,4-24H2,1-3H3,(H,37,51)(H,45,46)(H,47,48)(H,49,50)/t26-,29+,30+/m1/s1. The summed E-state index contributed by atoms with van der Waals surface area (Å²) in [7, 11) is -1.66. The molecule has 2 aliphatic rings. The maximum absolute atomic E-state index is 13.1. The Morgan fingerprint density at radius 3 is 1.46 bits per heavy atom. The third kappa shape index (κ3) is 17.8. The Balaban J connectivity index is 1.86. The molecule has 3 atom stereocenters. The van der Waals surface area contributed by atoms with Gasteiger partial charge < -0.3 is 35.6 Å². The van der Waals surface area contributed by atoms with Gasteiger partial charge in [-0.25, -0.2) is 0 Å². The van der Waals surface area contributed by atoms with Crippen LogP contribution in [-0.4, -0.2) is 195 Å². The molecule has 2 aliphatic heterocycles. The highest BCUT2D eigenvalue weighted by atomic mass is 16.4. The molecule has 306 valence electrons. The van der Waals surface area contributed by atoms with Crippen molar-refractivity contribution in [3.05, 3.63) is 0 Å². The van der Waals surface area contributed by atoms with Gasteiger partial charge >= 0.3 is 25.0 Å². The molecule has 2 fully saturated rings. The van der Waals surface area contributed by atoms with Gasteiger partial charge in [-0.1, -0.05) is 20.3 Å². The molecule has 0 unspecified atom stereocenters. The highest BCUT2D eigenvalue weighted by molar-refractivity contribution is 6.43. The average molecular weight is 769 g/mol. The van der Waals surface area contributed by atoms with Crippen molar-refractivity contribution in [1.82, 2.24) is 29.8 Å². The number of amides is 2. The number of carbonyl (C=O) groups excluding carboxylic acids is 4. The van der Waals surface area contributed by atoms with Gasteiger partial charge in [0.15, 0.2) is 0 Å². The van der Waals surface area contributed by atoms with Gasteiger partial charge in [0.05, 0.1) is 32.1 Å². The molecule has 0 aromatic heterocycles. The van der Waals surface area contributed by atoms with E-state index < -0.39 is 54.7 Å². The number of carboxylic acid groups (broad SMARTS) is 3. The second kappa shape index (κ2) is 24.1. The van der Waals surface area contributed by atoms with Crippen molar-refractivity contribution in [2.75, 3.05) is 85.1 Å². The zero-order chi connectivity index (χ0) is 40.4. The number of likely N-dealkylation sites (tertiary alicyclic amines) is 1. The molecule has 0 bridgehead atoms. The van der Waals surface area contributed by atoms with E-state index in [0.717, 1.165) is 0 Å². The minimum Gasteiger partial charge on any atom is -0.480 e.